The highest BCUT2D eigenvalue weighted by Gasteiger charge is 2.19. The first-order valence-corrected chi connectivity index (χ1v) is 10.7. The number of hydrazine groups is 1. The van der Waals surface area contributed by atoms with Crippen LogP contribution in [0, 0.1) is 17.0 Å². The number of rotatable bonds is 6. The Balaban J connectivity index is 1.49. The smallest absolute Gasteiger partial charge is 0.159 e. The third-order valence-corrected chi connectivity index (χ3v) is 5.84. The van der Waals surface area contributed by atoms with Crippen LogP contribution in [0.3, 0.4) is 0 Å². The minimum absolute atomic E-state index is 0.0256. The number of nitrogens with zero attached hydrogens (tertiary/aromatic N) is 2. The number of ether oxygens (including phenoxy) is 1. The molecule has 0 saturated carbocycles. The number of methoxy groups -OCH3 is 1. The Bertz CT molecular complexity index is 1260. The number of amidine groups is 2. The SMILES string of the molecule is COc1cccc(C(=N)N=C(N)CN2CCc3ccc(-c4ccc(F)c(F)c4)cc3C2)c1NN. The van der Waals surface area contributed by atoms with Gasteiger partial charge in [-0.15, -0.1) is 0 Å². The minimum Gasteiger partial charge on any atom is -0.495 e. The predicted molar refractivity (Wildman–Crippen MR) is 130 cm³/mol. The lowest BCUT2D eigenvalue weighted by molar-refractivity contribution is 0.289. The van der Waals surface area contributed by atoms with Crippen molar-refractivity contribution < 1.29 is 13.5 Å². The third-order valence-electron chi connectivity index (χ3n) is 5.84. The summed E-state index contributed by atoms with van der Waals surface area (Å²) in [6.45, 7) is 1.80. The molecule has 0 bridgehead atoms. The summed E-state index contributed by atoms with van der Waals surface area (Å²) >= 11 is 0. The summed E-state index contributed by atoms with van der Waals surface area (Å²) in [5, 5.41) is 8.37. The van der Waals surface area contributed by atoms with E-state index in [-0.39, 0.29) is 5.84 Å². The highest BCUT2D eigenvalue weighted by Crippen LogP contribution is 2.29. The molecule has 6 N–H and O–H groups in total. The maximum Gasteiger partial charge on any atom is 0.159 e. The molecule has 1 heterocycles. The first-order chi connectivity index (χ1) is 16.4. The van der Waals surface area contributed by atoms with Crippen LogP contribution in [0.15, 0.2) is 59.6 Å². The van der Waals surface area contributed by atoms with E-state index in [0.29, 0.717) is 41.5 Å². The zero-order chi connectivity index (χ0) is 24.2. The van der Waals surface area contributed by atoms with E-state index in [1.165, 1.54) is 18.7 Å². The molecule has 9 heteroatoms. The number of halogens is 2. The van der Waals surface area contributed by atoms with Crippen LogP contribution in [0.4, 0.5) is 14.5 Å². The lowest BCUT2D eigenvalue weighted by Gasteiger charge is -2.29. The maximum absolute atomic E-state index is 13.7. The largest absolute Gasteiger partial charge is 0.495 e. The zero-order valence-electron chi connectivity index (χ0n) is 18.7. The lowest BCUT2D eigenvalue weighted by Crippen LogP contribution is -2.38. The second-order valence-electron chi connectivity index (χ2n) is 8.05. The third kappa shape index (κ3) is 4.90. The van der Waals surface area contributed by atoms with Gasteiger partial charge in [0.1, 0.15) is 17.3 Å². The summed E-state index contributed by atoms with van der Waals surface area (Å²) < 4.78 is 32.3. The van der Waals surface area contributed by atoms with Crippen molar-refractivity contribution in [3.05, 3.63) is 82.9 Å². The van der Waals surface area contributed by atoms with Gasteiger partial charge >= 0.3 is 0 Å². The Morgan fingerprint density at radius 1 is 1.09 bits per heavy atom. The number of fused-ring (bicyclic) bond motifs is 1. The molecule has 0 saturated heterocycles. The summed E-state index contributed by atoms with van der Waals surface area (Å²) in [5.41, 5.74) is 13.4. The van der Waals surface area contributed by atoms with Crippen LogP contribution in [-0.4, -0.2) is 36.8 Å². The summed E-state index contributed by atoms with van der Waals surface area (Å²) in [6.07, 6.45) is 0.829. The number of hydrogen-bond acceptors (Lipinski definition) is 5. The van der Waals surface area contributed by atoms with Gasteiger partial charge < -0.3 is 15.9 Å². The van der Waals surface area contributed by atoms with Crippen LogP contribution in [-0.2, 0) is 13.0 Å². The molecule has 4 rings (SSSR count). The highest BCUT2D eigenvalue weighted by atomic mass is 19.2. The normalized spacial score (nSPS) is 13.9. The van der Waals surface area contributed by atoms with E-state index >= 15 is 0 Å². The van der Waals surface area contributed by atoms with Crippen molar-refractivity contribution >= 4 is 17.4 Å². The maximum atomic E-state index is 13.7. The quantitative estimate of drug-likeness (QED) is 0.192. The fourth-order valence-electron chi connectivity index (χ4n) is 4.12. The van der Waals surface area contributed by atoms with Crippen molar-refractivity contribution in [2.75, 3.05) is 25.6 Å². The van der Waals surface area contributed by atoms with Gasteiger partial charge in [-0.25, -0.2) is 13.8 Å². The van der Waals surface area contributed by atoms with Crippen molar-refractivity contribution in [3.8, 4) is 16.9 Å². The summed E-state index contributed by atoms with van der Waals surface area (Å²) in [4.78, 5) is 6.41. The molecule has 0 atom stereocenters. The predicted octanol–water partition coefficient (Wildman–Crippen LogP) is 3.67. The van der Waals surface area contributed by atoms with Gasteiger partial charge in [-0.1, -0.05) is 24.3 Å². The van der Waals surface area contributed by atoms with Crippen molar-refractivity contribution in [2.24, 2.45) is 16.6 Å². The molecule has 1 aliphatic rings. The first kappa shape index (κ1) is 23.3. The molecule has 0 spiro atoms. The number of para-hydroxylation sites is 1. The number of nitrogens with two attached hydrogens (primary N) is 2. The van der Waals surface area contributed by atoms with E-state index in [4.69, 9.17) is 21.7 Å². The summed E-state index contributed by atoms with van der Waals surface area (Å²) in [5.74, 6) is 4.65. The topological polar surface area (TPSA) is 113 Å². The number of nitrogen functional groups attached to an aromatic ring is 1. The monoisotopic (exact) mass is 464 g/mol. The molecular weight excluding hydrogens is 438 g/mol. The van der Waals surface area contributed by atoms with Crippen LogP contribution in [0.2, 0.25) is 0 Å². The van der Waals surface area contributed by atoms with E-state index in [1.54, 1.807) is 24.3 Å². The molecule has 176 valence electrons. The summed E-state index contributed by atoms with van der Waals surface area (Å²) in [7, 11) is 1.52. The number of aliphatic imine (C=N–C) groups is 1. The average molecular weight is 465 g/mol. The minimum atomic E-state index is -0.868. The zero-order valence-corrected chi connectivity index (χ0v) is 18.7. The number of anilines is 1. The molecule has 0 unspecified atom stereocenters. The Kier molecular flexibility index (Phi) is 6.85. The molecule has 0 radical (unpaired) electrons. The van der Waals surface area contributed by atoms with E-state index in [2.05, 4.69) is 15.3 Å². The standard InChI is InChI=1S/C25H26F2N6O/c1-34-22-4-2-3-19(24(22)32-30)25(29)31-23(28)14-33-10-9-15-5-6-16(11-18(15)13-33)17-7-8-20(26)21(27)12-17/h2-8,11-12,32H,9-10,13-14,30H2,1H3,(H3,28,29,31). The number of benzene rings is 3. The Hall–Kier alpha value is -3.82. The van der Waals surface area contributed by atoms with Gasteiger partial charge in [0.2, 0.25) is 0 Å². The highest BCUT2D eigenvalue weighted by molar-refractivity contribution is 6.08. The van der Waals surface area contributed by atoms with Crippen LogP contribution in [0.1, 0.15) is 16.7 Å². The molecule has 0 amide bonds. The van der Waals surface area contributed by atoms with Crippen molar-refractivity contribution in [3.63, 3.8) is 0 Å². The van der Waals surface area contributed by atoms with E-state index in [9.17, 15) is 8.78 Å². The fraction of sp³-hybridized carbons (Fsp3) is 0.200. The lowest BCUT2D eigenvalue weighted by atomic mass is 9.94. The van der Waals surface area contributed by atoms with Gasteiger partial charge in [0, 0.05) is 18.7 Å². The van der Waals surface area contributed by atoms with Crippen LogP contribution < -0.4 is 21.7 Å². The fourth-order valence-corrected chi connectivity index (χ4v) is 4.12. The Morgan fingerprint density at radius 3 is 2.59 bits per heavy atom. The Labute approximate surface area is 196 Å². The van der Waals surface area contributed by atoms with Crippen LogP contribution in [0.5, 0.6) is 5.75 Å². The summed E-state index contributed by atoms with van der Waals surface area (Å²) in [6, 6.07) is 15.1. The Morgan fingerprint density at radius 2 is 1.85 bits per heavy atom. The van der Waals surface area contributed by atoms with Gasteiger partial charge in [0.25, 0.3) is 0 Å². The van der Waals surface area contributed by atoms with Gasteiger partial charge in [0.15, 0.2) is 17.5 Å². The van der Waals surface area contributed by atoms with Gasteiger partial charge in [-0.05, 0) is 59.0 Å². The average Bonchev–Trinajstić information content (AvgIpc) is 2.84. The molecule has 1 aliphatic heterocycles. The van der Waals surface area contributed by atoms with Crippen molar-refractivity contribution in [2.45, 2.75) is 13.0 Å². The molecule has 7 nitrogen and oxygen atoms in total. The van der Waals surface area contributed by atoms with Crippen LogP contribution >= 0.6 is 0 Å². The van der Waals surface area contributed by atoms with Gasteiger partial charge in [-0.2, -0.15) is 0 Å². The molecule has 0 aromatic heterocycles. The van der Waals surface area contributed by atoms with Crippen molar-refractivity contribution in [1.29, 1.82) is 5.41 Å². The molecule has 0 fully saturated rings. The molecular formula is C25H26F2N6O. The second kappa shape index (κ2) is 9.98. The van der Waals surface area contributed by atoms with Gasteiger partial charge in [0.05, 0.1) is 13.7 Å². The molecule has 0 aliphatic carbocycles. The molecule has 3 aromatic carbocycles. The van der Waals surface area contributed by atoms with E-state index in [1.807, 2.05) is 18.2 Å². The number of nitrogens with one attached hydrogen (secondary N) is 2. The van der Waals surface area contributed by atoms with E-state index < -0.39 is 11.6 Å². The van der Waals surface area contributed by atoms with Crippen molar-refractivity contribution in [1.82, 2.24) is 4.90 Å². The van der Waals surface area contributed by atoms with Gasteiger partial charge in [-0.3, -0.25) is 16.2 Å². The molecule has 34 heavy (non-hydrogen) atoms. The van der Waals surface area contributed by atoms with E-state index in [0.717, 1.165) is 30.2 Å². The van der Waals surface area contributed by atoms with Crippen LogP contribution in [0.25, 0.3) is 11.1 Å². The second-order valence-corrected chi connectivity index (χ2v) is 8.05. The number of hydrogen-bond donors (Lipinski definition) is 4. The first-order valence-electron chi connectivity index (χ1n) is 10.7. The molecule has 3 aromatic rings.